The van der Waals surface area contributed by atoms with Crippen LogP contribution in [0.25, 0.3) is 0 Å². The standard InChI is InChI=1S/C18H16FN3O2/c1-13(23)22(17-9-5-2-6-14(17)12-20)11-10-18(24)21-16-8-4-3-7-15(16)19/h2-9H,10-11H2,1H3,(H,21,24). The largest absolute Gasteiger partial charge is 0.324 e. The Bertz CT molecular complexity index is 799. The highest BCUT2D eigenvalue weighted by Crippen LogP contribution is 2.20. The average molecular weight is 325 g/mol. The van der Waals surface area contributed by atoms with Crippen molar-refractivity contribution in [3.05, 3.63) is 59.9 Å². The van der Waals surface area contributed by atoms with Crippen LogP contribution in [0.4, 0.5) is 15.8 Å². The Labute approximate surface area is 139 Å². The Balaban J connectivity index is 2.07. The Hall–Kier alpha value is -3.20. The molecule has 0 aromatic heterocycles. The maximum Gasteiger partial charge on any atom is 0.226 e. The van der Waals surface area contributed by atoms with Crippen molar-refractivity contribution in [3.63, 3.8) is 0 Å². The van der Waals surface area contributed by atoms with Gasteiger partial charge in [0.25, 0.3) is 0 Å². The van der Waals surface area contributed by atoms with Crippen molar-refractivity contribution in [2.75, 3.05) is 16.8 Å². The van der Waals surface area contributed by atoms with Gasteiger partial charge in [-0.1, -0.05) is 24.3 Å². The van der Waals surface area contributed by atoms with Gasteiger partial charge in [-0.3, -0.25) is 9.59 Å². The lowest BCUT2D eigenvalue weighted by Crippen LogP contribution is -2.32. The molecular formula is C18H16FN3O2. The van der Waals surface area contributed by atoms with E-state index in [1.165, 1.54) is 30.0 Å². The van der Waals surface area contributed by atoms with E-state index in [1.807, 2.05) is 6.07 Å². The molecule has 1 N–H and O–H groups in total. The van der Waals surface area contributed by atoms with Gasteiger partial charge in [-0.05, 0) is 24.3 Å². The van der Waals surface area contributed by atoms with Crippen LogP contribution in [0.2, 0.25) is 0 Å². The maximum atomic E-state index is 13.5. The first-order valence-corrected chi connectivity index (χ1v) is 7.34. The van der Waals surface area contributed by atoms with Crippen molar-refractivity contribution in [1.29, 1.82) is 5.26 Å². The van der Waals surface area contributed by atoms with Gasteiger partial charge in [0.15, 0.2) is 0 Å². The number of hydrogen-bond donors (Lipinski definition) is 1. The van der Waals surface area contributed by atoms with E-state index in [1.54, 1.807) is 30.3 Å². The van der Waals surface area contributed by atoms with Crippen molar-refractivity contribution >= 4 is 23.2 Å². The van der Waals surface area contributed by atoms with Gasteiger partial charge in [0, 0.05) is 19.9 Å². The molecule has 2 amide bonds. The van der Waals surface area contributed by atoms with Crippen molar-refractivity contribution in [2.24, 2.45) is 0 Å². The average Bonchev–Trinajstić information content (AvgIpc) is 2.57. The molecule has 0 aliphatic rings. The Morgan fingerprint density at radius 3 is 2.50 bits per heavy atom. The van der Waals surface area contributed by atoms with E-state index in [0.29, 0.717) is 11.3 Å². The Kier molecular flexibility index (Phi) is 5.63. The van der Waals surface area contributed by atoms with Crippen LogP contribution in [0.1, 0.15) is 18.9 Å². The third-order valence-electron chi connectivity index (χ3n) is 3.41. The topological polar surface area (TPSA) is 73.2 Å². The zero-order valence-electron chi connectivity index (χ0n) is 13.1. The molecule has 0 fully saturated rings. The van der Waals surface area contributed by atoms with E-state index in [2.05, 4.69) is 5.32 Å². The van der Waals surface area contributed by atoms with E-state index in [4.69, 9.17) is 5.26 Å². The summed E-state index contributed by atoms with van der Waals surface area (Å²) in [6.45, 7) is 1.46. The van der Waals surface area contributed by atoms with Crippen LogP contribution in [0.15, 0.2) is 48.5 Å². The minimum atomic E-state index is -0.524. The SMILES string of the molecule is CC(=O)N(CCC(=O)Nc1ccccc1F)c1ccccc1C#N. The number of hydrogen-bond acceptors (Lipinski definition) is 3. The van der Waals surface area contributed by atoms with Gasteiger partial charge < -0.3 is 10.2 Å². The number of carbonyl (C=O) groups excluding carboxylic acids is 2. The Morgan fingerprint density at radius 1 is 1.17 bits per heavy atom. The molecule has 2 aromatic rings. The van der Waals surface area contributed by atoms with Gasteiger partial charge in [0.1, 0.15) is 11.9 Å². The minimum absolute atomic E-state index is 0.0202. The van der Waals surface area contributed by atoms with Crippen LogP contribution in [0, 0.1) is 17.1 Å². The highest BCUT2D eigenvalue weighted by Gasteiger charge is 2.17. The van der Waals surface area contributed by atoms with Gasteiger partial charge in [0.05, 0.1) is 16.9 Å². The second-order valence-corrected chi connectivity index (χ2v) is 5.08. The molecule has 0 aliphatic heterocycles. The number of nitrogens with zero attached hydrogens (tertiary/aromatic N) is 2. The highest BCUT2D eigenvalue weighted by atomic mass is 19.1. The first kappa shape index (κ1) is 17.2. The van der Waals surface area contributed by atoms with E-state index in [0.717, 1.165) is 0 Å². The summed E-state index contributed by atoms with van der Waals surface area (Å²) in [5.41, 5.74) is 0.891. The van der Waals surface area contributed by atoms with Crippen molar-refractivity contribution in [3.8, 4) is 6.07 Å². The number of amides is 2. The molecule has 5 nitrogen and oxygen atoms in total. The number of nitriles is 1. The number of halogens is 1. The lowest BCUT2D eigenvalue weighted by atomic mass is 10.1. The molecule has 2 aromatic carbocycles. The summed E-state index contributed by atoms with van der Waals surface area (Å²) in [5, 5.41) is 11.6. The van der Waals surface area contributed by atoms with E-state index < -0.39 is 11.7 Å². The van der Waals surface area contributed by atoms with Gasteiger partial charge >= 0.3 is 0 Å². The number of rotatable bonds is 5. The molecule has 0 bridgehead atoms. The Morgan fingerprint density at radius 2 is 1.83 bits per heavy atom. The van der Waals surface area contributed by atoms with E-state index in [9.17, 15) is 14.0 Å². The van der Waals surface area contributed by atoms with E-state index in [-0.39, 0.29) is 24.6 Å². The fraction of sp³-hybridized carbons (Fsp3) is 0.167. The minimum Gasteiger partial charge on any atom is -0.324 e. The molecule has 0 saturated heterocycles. The van der Waals surface area contributed by atoms with Crippen molar-refractivity contribution < 1.29 is 14.0 Å². The molecule has 6 heteroatoms. The lowest BCUT2D eigenvalue weighted by Gasteiger charge is -2.22. The number of carbonyl (C=O) groups is 2. The van der Waals surface area contributed by atoms with E-state index >= 15 is 0 Å². The zero-order valence-corrected chi connectivity index (χ0v) is 13.1. The molecule has 0 unspecified atom stereocenters. The molecule has 0 radical (unpaired) electrons. The van der Waals surface area contributed by atoms with Crippen LogP contribution in [-0.4, -0.2) is 18.4 Å². The highest BCUT2D eigenvalue weighted by molar-refractivity contribution is 5.95. The first-order valence-electron chi connectivity index (χ1n) is 7.34. The second-order valence-electron chi connectivity index (χ2n) is 5.08. The van der Waals surface area contributed by atoms with Gasteiger partial charge in [-0.15, -0.1) is 0 Å². The van der Waals surface area contributed by atoms with Crippen LogP contribution < -0.4 is 10.2 Å². The molecule has 0 saturated carbocycles. The predicted octanol–water partition coefficient (Wildman–Crippen LogP) is 3.08. The number of para-hydroxylation sites is 2. The summed E-state index contributed by atoms with van der Waals surface area (Å²) >= 11 is 0. The third kappa shape index (κ3) is 4.17. The molecule has 0 aliphatic carbocycles. The summed E-state index contributed by atoms with van der Waals surface area (Å²) in [4.78, 5) is 25.2. The lowest BCUT2D eigenvalue weighted by molar-refractivity contribution is -0.117. The summed E-state index contributed by atoms with van der Waals surface area (Å²) in [5.74, 6) is -1.22. The van der Waals surface area contributed by atoms with Crippen molar-refractivity contribution in [1.82, 2.24) is 0 Å². The van der Waals surface area contributed by atoms with Gasteiger partial charge in [-0.2, -0.15) is 5.26 Å². The normalized spacial score (nSPS) is 9.88. The quantitative estimate of drug-likeness (QED) is 0.918. The molecule has 24 heavy (non-hydrogen) atoms. The molecule has 0 spiro atoms. The fourth-order valence-electron chi connectivity index (χ4n) is 2.24. The first-order chi connectivity index (χ1) is 11.5. The smallest absolute Gasteiger partial charge is 0.226 e. The summed E-state index contributed by atoms with van der Waals surface area (Å²) in [7, 11) is 0. The van der Waals surface area contributed by atoms with Crippen molar-refractivity contribution in [2.45, 2.75) is 13.3 Å². The summed E-state index contributed by atoms with van der Waals surface area (Å²) < 4.78 is 13.5. The maximum absolute atomic E-state index is 13.5. The van der Waals surface area contributed by atoms with Gasteiger partial charge in [-0.25, -0.2) is 4.39 Å². The fourth-order valence-corrected chi connectivity index (χ4v) is 2.24. The molecule has 2 rings (SSSR count). The van der Waals surface area contributed by atoms with Crippen LogP contribution in [0.3, 0.4) is 0 Å². The molecule has 0 heterocycles. The number of nitrogens with one attached hydrogen (secondary N) is 1. The molecule has 0 atom stereocenters. The predicted molar refractivity (Wildman–Crippen MR) is 88.8 cm³/mol. The van der Waals surface area contributed by atoms with Crippen LogP contribution in [-0.2, 0) is 9.59 Å². The van der Waals surface area contributed by atoms with Gasteiger partial charge in [0.2, 0.25) is 11.8 Å². The zero-order chi connectivity index (χ0) is 17.5. The molecule has 122 valence electrons. The summed E-state index contributed by atoms with van der Waals surface area (Å²) in [6, 6.07) is 14.5. The summed E-state index contributed by atoms with van der Waals surface area (Å²) in [6.07, 6.45) is -0.0202. The molecular weight excluding hydrogens is 309 g/mol. The van der Waals surface area contributed by atoms with Crippen LogP contribution in [0.5, 0.6) is 0 Å². The monoisotopic (exact) mass is 325 g/mol. The third-order valence-corrected chi connectivity index (χ3v) is 3.41. The number of anilines is 2. The number of benzene rings is 2. The van der Waals surface area contributed by atoms with Crippen LogP contribution >= 0.6 is 0 Å². The second kappa shape index (κ2) is 7.88.